The van der Waals surface area contributed by atoms with E-state index in [2.05, 4.69) is 12.2 Å². The maximum absolute atomic E-state index is 12.8. The fraction of sp³-hybridized carbons (Fsp3) is 0.333. The molecule has 0 saturated carbocycles. The summed E-state index contributed by atoms with van der Waals surface area (Å²) in [6, 6.07) is 4.68. The van der Waals surface area contributed by atoms with Gasteiger partial charge in [0.1, 0.15) is 6.54 Å². The summed E-state index contributed by atoms with van der Waals surface area (Å²) in [7, 11) is -4.04. The van der Waals surface area contributed by atoms with Crippen LogP contribution in [0.15, 0.2) is 18.2 Å². The summed E-state index contributed by atoms with van der Waals surface area (Å²) in [6.07, 6.45) is -4.58. The van der Waals surface area contributed by atoms with Gasteiger partial charge in [0, 0.05) is 3.57 Å². The molecule has 126 valence electrons. The van der Waals surface area contributed by atoms with Crippen LogP contribution in [-0.4, -0.2) is 30.8 Å². The van der Waals surface area contributed by atoms with Gasteiger partial charge in [-0.2, -0.15) is 22.7 Å². The molecule has 2 N–H and O–H groups in total. The second-order valence-electron chi connectivity index (χ2n) is 4.49. The molecule has 0 aromatic heterocycles. The van der Waals surface area contributed by atoms with Gasteiger partial charge in [-0.1, -0.05) is 12.2 Å². The fourth-order valence-corrected chi connectivity index (χ4v) is 4.04. The van der Waals surface area contributed by atoms with E-state index < -0.39 is 34.1 Å². The van der Waals surface area contributed by atoms with Gasteiger partial charge in [0.2, 0.25) is 10.0 Å². The second kappa shape index (κ2) is 7.73. The average Bonchev–Trinajstić information content (AvgIpc) is 2.35. The van der Waals surface area contributed by atoms with E-state index in [0.717, 1.165) is 16.4 Å². The third-order valence-electron chi connectivity index (χ3n) is 2.61. The van der Waals surface area contributed by atoms with Crippen molar-refractivity contribution in [2.75, 3.05) is 13.1 Å². The number of hydrogen-bond acceptors (Lipinski definition) is 4. The zero-order valence-electron chi connectivity index (χ0n) is 11.5. The molecule has 0 heterocycles. The standard InChI is InChI=1S/C12H11F3IN3O2S2/c13-12(14,15)9-3-8(4-10(16)5-9)7-23(20,21)19(2-1-17)6-11(18)22/h3-5H,2,6-7H2,(H2,18,22). The van der Waals surface area contributed by atoms with Crippen LogP contribution < -0.4 is 5.73 Å². The Bertz CT molecular complexity index is 745. The van der Waals surface area contributed by atoms with Crippen molar-refractivity contribution in [3.63, 3.8) is 0 Å². The predicted octanol–water partition coefficient (Wildman–Crippen LogP) is 2.25. The number of hydrogen-bond donors (Lipinski definition) is 1. The molecule has 0 bridgehead atoms. The molecular weight excluding hydrogens is 466 g/mol. The van der Waals surface area contributed by atoms with Crippen molar-refractivity contribution < 1.29 is 21.6 Å². The van der Waals surface area contributed by atoms with Gasteiger partial charge in [0.15, 0.2) is 0 Å². The molecule has 1 rings (SSSR count). The molecule has 5 nitrogen and oxygen atoms in total. The molecule has 0 aliphatic carbocycles. The summed E-state index contributed by atoms with van der Waals surface area (Å²) >= 11 is 6.30. The van der Waals surface area contributed by atoms with Gasteiger partial charge < -0.3 is 5.73 Å². The lowest BCUT2D eigenvalue weighted by Crippen LogP contribution is -2.38. The molecule has 0 unspecified atom stereocenters. The minimum atomic E-state index is -4.58. The van der Waals surface area contributed by atoms with Crippen LogP contribution in [0.5, 0.6) is 0 Å². The quantitative estimate of drug-likeness (QED) is 0.386. The lowest BCUT2D eigenvalue weighted by molar-refractivity contribution is -0.137. The summed E-state index contributed by atoms with van der Waals surface area (Å²) in [5.74, 6) is -0.683. The van der Waals surface area contributed by atoms with Gasteiger partial charge in [-0.3, -0.25) is 0 Å². The van der Waals surface area contributed by atoms with E-state index in [1.54, 1.807) is 28.7 Å². The fourth-order valence-electron chi connectivity index (χ4n) is 1.70. The summed E-state index contributed by atoms with van der Waals surface area (Å²) in [6.45, 7) is -0.836. The molecule has 11 heteroatoms. The highest BCUT2D eigenvalue weighted by Gasteiger charge is 2.32. The summed E-state index contributed by atoms with van der Waals surface area (Å²) < 4.78 is 63.9. The number of thiocarbonyl (C=S) groups is 1. The Labute approximate surface area is 150 Å². The molecule has 0 saturated heterocycles. The average molecular weight is 477 g/mol. The lowest BCUT2D eigenvalue weighted by atomic mass is 10.1. The van der Waals surface area contributed by atoms with Crippen LogP contribution in [0.1, 0.15) is 11.1 Å². The molecule has 0 aliphatic rings. The van der Waals surface area contributed by atoms with Gasteiger partial charge in [-0.15, -0.1) is 0 Å². The van der Waals surface area contributed by atoms with Crippen LogP contribution in [0.4, 0.5) is 13.2 Å². The van der Waals surface area contributed by atoms with Crippen LogP contribution in [-0.2, 0) is 22.0 Å². The molecule has 0 radical (unpaired) electrons. The third kappa shape index (κ3) is 6.21. The van der Waals surface area contributed by atoms with Crippen LogP contribution >= 0.6 is 34.8 Å². The van der Waals surface area contributed by atoms with Gasteiger partial charge in [0.05, 0.1) is 28.9 Å². The van der Waals surface area contributed by atoms with Gasteiger partial charge in [0.25, 0.3) is 0 Å². The van der Waals surface area contributed by atoms with Crippen molar-refractivity contribution in [1.29, 1.82) is 5.26 Å². The summed E-state index contributed by atoms with van der Waals surface area (Å²) in [4.78, 5) is -0.137. The van der Waals surface area contributed by atoms with E-state index in [9.17, 15) is 21.6 Å². The third-order valence-corrected chi connectivity index (χ3v) is 5.10. The number of nitrogens with zero attached hydrogens (tertiary/aromatic N) is 2. The maximum atomic E-state index is 12.8. The number of benzene rings is 1. The Morgan fingerprint density at radius 2 is 2.00 bits per heavy atom. The van der Waals surface area contributed by atoms with Crippen molar-refractivity contribution in [3.8, 4) is 6.07 Å². The molecule has 0 atom stereocenters. The molecule has 0 fully saturated rings. The minimum Gasteiger partial charge on any atom is -0.392 e. The lowest BCUT2D eigenvalue weighted by Gasteiger charge is -2.19. The Balaban J connectivity index is 3.16. The van der Waals surface area contributed by atoms with Crippen molar-refractivity contribution in [2.24, 2.45) is 5.73 Å². The van der Waals surface area contributed by atoms with Crippen molar-refractivity contribution >= 4 is 49.8 Å². The zero-order chi connectivity index (χ0) is 17.8. The largest absolute Gasteiger partial charge is 0.416 e. The van der Waals surface area contributed by atoms with E-state index in [0.29, 0.717) is 0 Å². The Morgan fingerprint density at radius 3 is 2.48 bits per heavy atom. The van der Waals surface area contributed by atoms with Crippen LogP contribution in [0.2, 0.25) is 0 Å². The van der Waals surface area contributed by atoms with Crippen LogP contribution in [0.3, 0.4) is 0 Å². The molecule has 0 spiro atoms. The number of rotatable bonds is 6. The molecular formula is C12H11F3IN3O2S2. The second-order valence-corrected chi connectivity index (χ2v) is 8.23. The zero-order valence-corrected chi connectivity index (χ0v) is 15.3. The SMILES string of the molecule is N#CCN(CC(N)=S)S(=O)(=O)Cc1cc(I)cc(C(F)(F)F)c1. The van der Waals surface area contributed by atoms with E-state index in [1.807, 2.05) is 0 Å². The first kappa shape index (κ1) is 20.1. The Hall–Kier alpha value is -0.970. The Morgan fingerprint density at radius 1 is 1.39 bits per heavy atom. The molecule has 0 aliphatic heterocycles. The van der Waals surface area contributed by atoms with Crippen molar-refractivity contribution in [3.05, 3.63) is 32.9 Å². The molecule has 0 amide bonds. The number of halogens is 4. The predicted molar refractivity (Wildman–Crippen MR) is 90.8 cm³/mol. The number of alkyl halides is 3. The van der Waals surface area contributed by atoms with Gasteiger partial charge >= 0.3 is 6.18 Å². The van der Waals surface area contributed by atoms with E-state index in [4.69, 9.17) is 11.0 Å². The molecule has 1 aromatic rings. The molecule has 1 aromatic carbocycles. The highest BCUT2D eigenvalue weighted by molar-refractivity contribution is 14.1. The Kier molecular flexibility index (Phi) is 6.75. The molecule has 23 heavy (non-hydrogen) atoms. The van der Waals surface area contributed by atoms with E-state index in [-0.39, 0.29) is 20.7 Å². The topological polar surface area (TPSA) is 87.2 Å². The van der Waals surface area contributed by atoms with E-state index >= 15 is 0 Å². The first-order chi connectivity index (χ1) is 10.5. The maximum Gasteiger partial charge on any atom is 0.416 e. The van der Waals surface area contributed by atoms with Gasteiger partial charge in [-0.25, -0.2) is 8.42 Å². The van der Waals surface area contributed by atoms with E-state index in [1.165, 1.54) is 6.07 Å². The normalized spacial score (nSPS) is 12.2. The number of nitrogens with two attached hydrogens (primary N) is 1. The van der Waals surface area contributed by atoms with Crippen molar-refractivity contribution in [1.82, 2.24) is 4.31 Å². The summed E-state index contributed by atoms with van der Waals surface area (Å²) in [5, 5.41) is 8.68. The minimum absolute atomic E-state index is 0.0323. The highest BCUT2D eigenvalue weighted by atomic mass is 127. The van der Waals surface area contributed by atoms with Gasteiger partial charge in [-0.05, 0) is 46.4 Å². The number of sulfonamides is 1. The van der Waals surface area contributed by atoms with Crippen LogP contribution in [0, 0.1) is 14.9 Å². The number of nitriles is 1. The highest BCUT2D eigenvalue weighted by Crippen LogP contribution is 2.31. The summed E-state index contributed by atoms with van der Waals surface area (Å²) in [5.41, 5.74) is 4.32. The smallest absolute Gasteiger partial charge is 0.392 e. The van der Waals surface area contributed by atoms with Crippen molar-refractivity contribution in [2.45, 2.75) is 11.9 Å². The monoisotopic (exact) mass is 477 g/mol. The first-order valence-electron chi connectivity index (χ1n) is 5.95. The van der Waals surface area contributed by atoms with Crippen LogP contribution in [0.25, 0.3) is 0 Å². The first-order valence-corrected chi connectivity index (χ1v) is 9.05.